The molecular weight excluding hydrogens is 240 g/mol. The van der Waals surface area contributed by atoms with E-state index in [9.17, 15) is 4.79 Å². The highest BCUT2D eigenvalue weighted by molar-refractivity contribution is 5.96. The highest BCUT2D eigenvalue weighted by Crippen LogP contribution is 2.11. The summed E-state index contributed by atoms with van der Waals surface area (Å²) in [7, 11) is 3.51. The summed E-state index contributed by atoms with van der Waals surface area (Å²) >= 11 is 0. The van der Waals surface area contributed by atoms with Gasteiger partial charge in [-0.1, -0.05) is 30.3 Å². The molecule has 100 valence electrons. The molecule has 0 spiro atoms. The van der Waals surface area contributed by atoms with E-state index < -0.39 is 0 Å². The predicted octanol–water partition coefficient (Wildman–Crippen LogP) is 1.32. The molecule has 2 N–H and O–H groups in total. The van der Waals surface area contributed by atoms with Gasteiger partial charge in [0.25, 0.3) is 5.91 Å². The second-order valence-corrected chi connectivity index (χ2v) is 4.57. The Morgan fingerprint density at radius 3 is 2.63 bits per heavy atom. The van der Waals surface area contributed by atoms with Gasteiger partial charge in [-0.15, -0.1) is 0 Å². The minimum atomic E-state index is -0.144. The first-order valence-corrected chi connectivity index (χ1v) is 6.16. The van der Waals surface area contributed by atoms with Gasteiger partial charge in [0.05, 0.1) is 5.69 Å². The number of carbonyl (C=O) groups is 1. The molecule has 0 bridgehead atoms. The van der Waals surface area contributed by atoms with E-state index in [4.69, 9.17) is 5.73 Å². The van der Waals surface area contributed by atoms with Gasteiger partial charge in [-0.2, -0.15) is 5.10 Å². The Morgan fingerprint density at radius 2 is 2.05 bits per heavy atom. The molecule has 0 saturated carbocycles. The summed E-state index contributed by atoms with van der Waals surface area (Å²) in [6, 6.07) is 10.1. The molecule has 0 radical (unpaired) electrons. The van der Waals surface area contributed by atoms with Gasteiger partial charge in [0.1, 0.15) is 0 Å². The molecule has 5 heteroatoms. The number of nitrogen functional groups attached to an aromatic ring is 1. The van der Waals surface area contributed by atoms with Gasteiger partial charge in [0.15, 0.2) is 5.69 Å². The Hall–Kier alpha value is -2.30. The van der Waals surface area contributed by atoms with Gasteiger partial charge in [-0.3, -0.25) is 9.48 Å². The summed E-state index contributed by atoms with van der Waals surface area (Å²) in [6.45, 7) is 0.638. The Kier molecular flexibility index (Phi) is 3.85. The maximum atomic E-state index is 12.2. The molecule has 0 fully saturated rings. The largest absolute Gasteiger partial charge is 0.396 e. The summed E-state index contributed by atoms with van der Waals surface area (Å²) in [5.74, 6) is -0.144. The topological polar surface area (TPSA) is 64.2 Å². The second-order valence-electron chi connectivity index (χ2n) is 4.57. The molecule has 0 aliphatic heterocycles. The van der Waals surface area contributed by atoms with Gasteiger partial charge < -0.3 is 10.6 Å². The zero-order valence-electron chi connectivity index (χ0n) is 11.2. The van der Waals surface area contributed by atoms with Crippen LogP contribution in [-0.2, 0) is 13.5 Å². The van der Waals surface area contributed by atoms with Crippen molar-refractivity contribution in [3.8, 4) is 0 Å². The number of benzene rings is 1. The van der Waals surface area contributed by atoms with Crippen molar-refractivity contribution in [2.45, 2.75) is 6.42 Å². The minimum Gasteiger partial charge on any atom is -0.396 e. The zero-order valence-corrected chi connectivity index (χ0v) is 11.2. The molecule has 1 aromatic carbocycles. The molecule has 1 amide bonds. The standard InChI is InChI=1S/C14H18N4O/c1-17(9-8-11-6-4-3-5-7-11)14(19)13-12(15)10-18(2)16-13/h3-7,10H,8-9,15H2,1-2H3. The van der Waals surface area contributed by atoms with Crippen molar-refractivity contribution in [1.29, 1.82) is 0 Å². The van der Waals surface area contributed by atoms with Crippen LogP contribution in [-0.4, -0.2) is 34.2 Å². The average Bonchev–Trinajstić information content (AvgIpc) is 2.75. The van der Waals surface area contributed by atoms with Gasteiger partial charge in [0.2, 0.25) is 0 Å². The molecule has 1 aromatic heterocycles. The number of aryl methyl sites for hydroxylation is 1. The molecule has 5 nitrogen and oxygen atoms in total. The van der Waals surface area contributed by atoms with Gasteiger partial charge in [-0.25, -0.2) is 0 Å². The molecule has 2 rings (SSSR count). The monoisotopic (exact) mass is 258 g/mol. The maximum Gasteiger partial charge on any atom is 0.276 e. The first kappa shape index (κ1) is 13.1. The van der Waals surface area contributed by atoms with Crippen LogP contribution in [0.5, 0.6) is 0 Å². The summed E-state index contributed by atoms with van der Waals surface area (Å²) in [5, 5.41) is 4.09. The van der Waals surface area contributed by atoms with Crippen LogP contribution in [0.15, 0.2) is 36.5 Å². The van der Waals surface area contributed by atoms with E-state index in [1.54, 1.807) is 29.9 Å². The van der Waals surface area contributed by atoms with Crippen LogP contribution in [0.4, 0.5) is 5.69 Å². The maximum absolute atomic E-state index is 12.2. The van der Waals surface area contributed by atoms with Crippen molar-refractivity contribution < 1.29 is 4.79 Å². The zero-order chi connectivity index (χ0) is 13.8. The highest BCUT2D eigenvalue weighted by Gasteiger charge is 2.17. The Balaban J connectivity index is 1.98. The summed E-state index contributed by atoms with van der Waals surface area (Å²) in [6.07, 6.45) is 2.45. The van der Waals surface area contributed by atoms with E-state index in [1.165, 1.54) is 5.56 Å². The lowest BCUT2D eigenvalue weighted by Crippen LogP contribution is -2.29. The lowest BCUT2D eigenvalue weighted by atomic mass is 10.1. The van der Waals surface area contributed by atoms with E-state index >= 15 is 0 Å². The van der Waals surface area contributed by atoms with Crippen molar-refractivity contribution in [2.24, 2.45) is 7.05 Å². The van der Waals surface area contributed by atoms with Crippen molar-refractivity contribution in [2.75, 3.05) is 19.3 Å². The van der Waals surface area contributed by atoms with E-state index in [1.807, 2.05) is 30.3 Å². The normalized spacial score (nSPS) is 10.4. The molecule has 0 unspecified atom stereocenters. The third kappa shape index (κ3) is 3.13. The number of carbonyl (C=O) groups excluding carboxylic acids is 1. The third-order valence-corrected chi connectivity index (χ3v) is 2.99. The predicted molar refractivity (Wildman–Crippen MR) is 74.7 cm³/mol. The Labute approximate surface area is 112 Å². The Morgan fingerprint density at radius 1 is 1.37 bits per heavy atom. The molecule has 19 heavy (non-hydrogen) atoms. The van der Waals surface area contributed by atoms with Crippen LogP contribution >= 0.6 is 0 Å². The highest BCUT2D eigenvalue weighted by atomic mass is 16.2. The van der Waals surface area contributed by atoms with Crippen LogP contribution in [0.3, 0.4) is 0 Å². The van der Waals surface area contributed by atoms with Crippen LogP contribution in [0.25, 0.3) is 0 Å². The average molecular weight is 258 g/mol. The van der Waals surface area contributed by atoms with Crippen LogP contribution in [0.1, 0.15) is 16.1 Å². The van der Waals surface area contributed by atoms with Crippen molar-refractivity contribution in [3.63, 3.8) is 0 Å². The number of nitrogens with two attached hydrogens (primary N) is 1. The fourth-order valence-corrected chi connectivity index (χ4v) is 1.90. The number of hydrogen-bond donors (Lipinski definition) is 1. The van der Waals surface area contributed by atoms with Gasteiger partial charge >= 0.3 is 0 Å². The fourth-order valence-electron chi connectivity index (χ4n) is 1.90. The minimum absolute atomic E-state index is 0.144. The third-order valence-electron chi connectivity index (χ3n) is 2.99. The van der Waals surface area contributed by atoms with E-state index in [2.05, 4.69) is 5.10 Å². The second kappa shape index (κ2) is 5.56. The summed E-state index contributed by atoms with van der Waals surface area (Å²) in [4.78, 5) is 13.8. The molecule has 2 aromatic rings. The number of hydrogen-bond acceptors (Lipinski definition) is 3. The molecular formula is C14H18N4O. The summed E-state index contributed by atoms with van der Waals surface area (Å²) in [5.41, 5.74) is 7.69. The molecule has 0 aliphatic rings. The number of nitrogens with zero attached hydrogens (tertiary/aromatic N) is 3. The lowest BCUT2D eigenvalue weighted by molar-refractivity contribution is 0.0791. The Bertz CT molecular complexity index is 562. The van der Waals surface area contributed by atoms with Crippen molar-refractivity contribution in [1.82, 2.24) is 14.7 Å². The quantitative estimate of drug-likeness (QED) is 0.899. The van der Waals surface area contributed by atoms with E-state index in [0.29, 0.717) is 17.9 Å². The summed E-state index contributed by atoms with van der Waals surface area (Å²) < 4.78 is 1.55. The van der Waals surface area contributed by atoms with Gasteiger partial charge in [0, 0.05) is 26.8 Å². The van der Waals surface area contributed by atoms with E-state index in [-0.39, 0.29) is 5.91 Å². The molecule has 1 heterocycles. The molecule has 0 atom stereocenters. The molecule has 0 aliphatic carbocycles. The number of amides is 1. The SMILES string of the molecule is CN(CCc1ccccc1)C(=O)c1nn(C)cc1N. The number of rotatable bonds is 4. The number of likely N-dealkylation sites (N-methyl/N-ethyl adjacent to an activating group) is 1. The van der Waals surface area contributed by atoms with Crippen molar-refractivity contribution in [3.05, 3.63) is 47.8 Å². The van der Waals surface area contributed by atoms with Crippen LogP contribution in [0.2, 0.25) is 0 Å². The van der Waals surface area contributed by atoms with Crippen LogP contribution in [0, 0.1) is 0 Å². The lowest BCUT2D eigenvalue weighted by Gasteiger charge is -2.16. The molecule has 0 saturated heterocycles. The number of anilines is 1. The fraction of sp³-hybridized carbons (Fsp3) is 0.286. The van der Waals surface area contributed by atoms with Crippen LogP contribution < -0.4 is 5.73 Å². The smallest absolute Gasteiger partial charge is 0.276 e. The van der Waals surface area contributed by atoms with Gasteiger partial charge in [-0.05, 0) is 12.0 Å². The number of aromatic nitrogens is 2. The van der Waals surface area contributed by atoms with E-state index in [0.717, 1.165) is 6.42 Å². The van der Waals surface area contributed by atoms with Crippen molar-refractivity contribution >= 4 is 11.6 Å². The first-order chi connectivity index (χ1) is 9.08. The first-order valence-electron chi connectivity index (χ1n) is 6.16.